The number of nitrogens with one attached hydrogen (secondary N) is 1. The fraction of sp³-hybridized carbons (Fsp3) is 0.462. The number of ether oxygens (including phenoxy) is 1. The summed E-state index contributed by atoms with van der Waals surface area (Å²) in [6, 6.07) is 9.08. The van der Waals surface area contributed by atoms with Crippen molar-refractivity contribution >= 4 is 14.3 Å². The Bertz CT molecular complexity index is 375. The number of rotatable bonds is 8. The van der Waals surface area contributed by atoms with Gasteiger partial charge in [0.1, 0.15) is 11.8 Å². The van der Waals surface area contributed by atoms with Crippen LogP contribution in [0.5, 0.6) is 5.75 Å². The van der Waals surface area contributed by atoms with E-state index in [9.17, 15) is 4.79 Å². The van der Waals surface area contributed by atoms with Crippen molar-refractivity contribution in [1.29, 1.82) is 0 Å². The molecule has 19 heavy (non-hydrogen) atoms. The van der Waals surface area contributed by atoms with Gasteiger partial charge in [0, 0.05) is 12.7 Å². The number of hydrogen-bond acceptors (Lipinski definition) is 5. The number of esters is 1. The smallest absolute Gasteiger partial charge is 0.323 e. The highest BCUT2D eigenvalue weighted by Gasteiger charge is 2.20. The number of hydrogen-bond donors (Lipinski definition) is 2. The van der Waals surface area contributed by atoms with Crippen molar-refractivity contribution in [1.82, 2.24) is 5.09 Å². The normalized spacial score (nSPS) is 13.6. The van der Waals surface area contributed by atoms with E-state index in [4.69, 9.17) is 15.0 Å². The van der Waals surface area contributed by atoms with E-state index in [1.54, 1.807) is 13.8 Å². The molecule has 1 rings (SSSR count). The van der Waals surface area contributed by atoms with E-state index in [1.807, 2.05) is 30.3 Å². The molecule has 0 saturated carbocycles. The SMILES string of the molecule is CCOC(=O)C(C)NP(CCN)Oc1ccccc1. The minimum atomic E-state index is -0.995. The molecule has 1 aromatic carbocycles. The zero-order chi connectivity index (χ0) is 14.1. The van der Waals surface area contributed by atoms with Crippen LogP contribution in [-0.2, 0) is 9.53 Å². The van der Waals surface area contributed by atoms with Crippen LogP contribution in [0.2, 0.25) is 0 Å². The lowest BCUT2D eigenvalue weighted by molar-refractivity contribution is -0.144. The lowest BCUT2D eigenvalue weighted by Crippen LogP contribution is -2.34. The first kappa shape index (κ1) is 15.9. The molecular weight excluding hydrogens is 263 g/mol. The average molecular weight is 284 g/mol. The van der Waals surface area contributed by atoms with Crippen LogP contribution in [0.3, 0.4) is 0 Å². The third kappa shape index (κ3) is 6.01. The van der Waals surface area contributed by atoms with Crippen molar-refractivity contribution in [2.75, 3.05) is 19.3 Å². The van der Waals surface area contributed by atoms with Crippen molar-refractivity contribution < 1.29 is 14.1 Å². The highest BCUT2D eigenvalue weighted by atomic mass is 31.2. The largest absolute Gasteiger partial charge is 0.465 e. The van der Waals surface area contributed by atoms with Gasteiger partial charge in [0.2, 0.25) is 0 Å². The molecule has 5 nitrogen and oxygen atoms in total. The minimum absolute atomic E-state index is 0.274. The van der Waals surface area contributed by atoms with Crippen molar-refractivity contribution in [3.8, 4) is 5.75 Å². The van der Waals surface area contributed by atoms with Crippen LogP contribution in [0.25, 0.3) is 0 Å². The van der Waals surface area contributed by atoms with E-state index in [0.29, 0.717) is 19.3 Å². The fourth-order valence-electron chi connectivity index (χ4n) is 1.40. The van der Waals surface area contributed by atoms with Crippen molar-refractivity contribution in [2.45, 2.75) is 19.9 Å². The number of nitrogens with two attached hydrogens (primary N) is 1. The highest BCUT2D eigenvalue weighted by molar-refractivity contribution is 7.50. The van der Waals surface area contributed by atoms with Crippen LogP contribution in [0.4, 0.5) is 0 Å². The highest BCUT2D eigenvalue weighted by Crippen LogP contribution is 2.33. The number of para-hydroxylation sites is 1. The van der Waals surface area contributed by atoms with Gasteiger partial charge in [-0.25, -0.2) is 0 Å². The van der Waals surface area contributed by atoms with Gasteiger partial charge in [-0.1, -0.05) is 18.2 Å². The van der Waals surface area contributed by atoms with E-state index in [-0.39, 0.29) is 5.97 Å². The zero-order valence-electron chi connectivity index (χ0n) is 11.3. The maximum absolute atomic E-state index is 11.6. The summed E-state index contributed by atoms with van der Waals surface area (Å²) in [5.74, 6) is 0.495. The van der Waals surface area contributed by atoms with Gasteiger partial charge in [-0.05, 0) is 26.0 Å². The van der Waals surface area contributed by atoms with Crippen LogP contribution >= 0.6 is 8.30 Å². The summed E-state index contributed by atoms with van der Waals surface area (Å²) in [5, 5.41) is 3.14. The molecule has 0 aliphatic heterocycles. The van der Waals surface area contributed by atoms with Crippen LogP contribution in [0.15, 0.2) is 30.3 Å². The first-order valence-electron chi connectivity index (χ1n) is 6.30. The van der Waals surface area contributed by atoms with Crippen LogP contribution in [0.1, 0.15) is 13.8 Å². The summed E-state index contributed by atoms with van der Waals surface area (Å²) in [5.41, 5.74) is 5.57. The topological polar surface area (TPSA) is 73.6 Å². The maximum atomic E-state index is 11.6. The molecule has 0 spiro atoms. The zero-order valence-corrected chi connectivity index (χ0v) is 12.2. The van der Waals surface area contributed by atoms with Gasteiger partial charge in [-0.3, -0.25) is 9.88 Å². The van der Waals surface area contributed by atoms with E-state index in [0.717, 1.165) is 5.75 Å². The van der Waals surface area contributed by atoms with Gasteiger partial charge in [0.25, 0.3) is 0 Å². The quantitative estimate of drug-likeness (QED) is 0.563. The molecule has 106 valence electrons. The monoisotopic (exact) mass is 284 g/mol. The standard InChI is InChI=1S/C13H21N2O3P/c1-3-17-13(16)11(2)15-19(10-9-14)18-12-7-5-4-6-8-12/h4-8,11,15H,3,9-10,14H2,1-2H3. The predicted molar refractivity (Wildman–Crippen MR) is 77.1 cm³/mol. The second-order valence-electron chi connectivity index (χ2n) is 3.90. The first-order valence-corrected chi connectivity index (χ1v) is 7.75. The molecule has 3 N–H and O–H groups in total. The molecule has 2 unspecified atom stereocenters. The second kappa shape index (κ2) is 8.86. The Kier molecular flexibility index (Phi) is 7.41. The van der Waals surface area contributed by atoms with Gasteiger partial charge >= 0.3 is 5.97 Å². The summed E-state index contributed by atoms with van der Waals surface area (Å²) in [7, 11) is -0.995. The second-order valence-corrected chi connectivity index (χ2v) is 5.54. The van der Waals surface area contributed by atoms with Crippen molar-refractivity contribution in [2.24, 2.45) is 5.73 Å². The molecule has 2 atom stereocenters. The summed E-state index contributed by atoms with van der Waals surface area (Å²) in [6.07, 6.45) is 0.675. The lowest BCUT2D eigenvalue weighted by Gasteiger charge is -2.22. The van der Waals surface area contributed by atoms with Crippen LogP contribution in [-0.4, -0.2) is 31.3 Å². The average Bonchev–Trinajstić information content (AvgIpc) is 2.40. The molecule has 0 radical (unpaired) electrons. The van der Waals surface area contributed by atoms with Crippen molar-refractivity contribution in [3.63, 3.8) is 0 Å². The molecule has 0 aromatic heterocycles. The lowest BCUT2D eigenvalue weighted by atomic mass is 10.3. The first-order chi connectivity index (χ1) is 9.17. The third-order valence-corrected chi connectivity index (χ3v) is 4.04. The van der Waals surface area contributed by atoms with Crippen LogP contribution in [0, 0.1) is 0 Å². The summed E-state index contributed by atoms with van der Waals surface area (Å²) in [4.78, 5) is 11.6. The Morgan fingerprint density at radius 1 is 1.42 bits per heavy atom. The van der Waals surface area contributed by atoms with Crippen LogP contribution < -0.4 is 15.3 Å². The van der Waals surface area contributed by atoms with E-state index in [2.05, 4.69) is 5.09 Å². The Morgan fingerprint density at radius 3 is 2.68 bits per heavy atom. The van der Waals surface area contributed by atoms with Gasteiger partial charge in [0.05, 0.1) is 6.61 Å². The molecule has 0 amide bonds. The molecule has 0 heterocycles. The van der Waals surface area contributed by atoms with Gasteiger partial charge in [-0.15, -0.1) is 0 Å². The number of benzene rings is 1. The van der Waals surface area contributed by atoms with Gasteiger partial charge in [0.15, 0.2) is 8.30 Å². The molecule has 0 aliphatic rings. The van der Waals surface area contributed by atoms with E-state index in [1.165, 1.54) is 0 Å². The Hall–Kier alpha value is -1.16. The van der Waals surface area contributed by atoms with E-state index < -0.39 is 14.3 Å². The number of carbonyl (C=O) groups excluding carboxylic acids is 1. The molecule has 0 fully saturated rings. The van der Waals surface area contributed by atoms with Gasteiger partial charge < -0.3 is 15.0 Å². The maximum Gasteiger partial charge on any atom is 0.323 e. The predicted octanol–water partition coefficient (Wildman–Crippen LogP) is 1.88. The minimum Gasteiger partial charge on any atom is -0.465 e. The molecule has 0 aliphatic carbocycles. The Labute approximate surface area is 115 Å². The summed E-state index contributed by atoms with van der Waals surface area (Å²) in [6.45, 7) is 4.42. The summed E-state index contributed by atoms with van der Waals surface area (Å²) >= 11 is 0. The molecule has 6 heteroatoms. The fourth-order valence-corrected chi connectivity index (χ4v) is 2.82. The van der Waals surface area contributed by atoms with Gasteiger partial charge in [-0.2, -0.15) is 0 Å². The molecule has 0 saturated heterocycles. The Morgan fingerprint density at radius 2 is 2.11 bits per heavy atom. The third-order valence-electron chi connectivity index (χ3n) is 2.27. The molecule has 0 bridgehead atoms. The van der Waals surface area contributed by atoms with Crippen molar-refractivity contribution in [3.05, 3.63) is 30.3 Å². The molecular formula is C13H21N2O3P. The number of carbonyl (C=O) groups is 1. The Balaban J connectivity index is 2.55. The molecule has 1 aromatic rings. The summed E-state index contributed by atoms with van der Waals surface area (Å²) < 4.78 is 10.8. The van der Waals surface area contributed by atoms with E-state index >= 15 is 0 Å².